The molecule has 2 aromatic carbocycles. The lowest BCUT2D eigenvalue weighted by Crippen LogP contribution is -2.16. The summed E-state index contributed by atoms with van der Waals surface area (Å²) in [6, 6.07) is 8.56. The summed E-state index contributed by atoms with van der Waals surface area (Å²) in [4.78, 5) is 21.4. The lowest BCUT2D eigenvalue weighted by molar-refractivity contribution is -0.384. The molecule has 142 valence electrons. The normalized spacial score (nSPS) is 11.7. The highest BCUT2D eigenvalue weighted by molar-refractivity contribution is 7.91. The number of carbonyl (C=O) groups is 1. The Labute approximate surface area is 157 Å². The Morgan fingerprint density at radius 1 is 1.22 bits per heavy atom. The van der Waals surface area contributed by atoms with Gasteiger partial charge in [-0.15, -0.1) is 0 Å². The number of anilines is 1. The summed E-state index contributed by atoms with van der Waals surface area (Å²) < 4.78 is 48.8. The molecule has 0 aliphatic heterocycles. The van der Waals surface area contributed by atoms with Crippen molar-refractivity contribution in [2.75, 3.05) is 5.32 Å². The van der Waals surface area contributed by atoms with E-state index >= 15 is 0 Å². The fraction of sp³-hybridized carbons (Fsp3) is 0.0625. The molecule has 2 rings (SSSR count). The third kappa shape index (κ3) is 4.86. The highest BCUT2D eigenvalue weighted by atomic mass is 35.5. The molecular weight excluding hydrogens is 406 g/mol. The summed E-state index contributed by atoms with van der Waals surface area (Å²) in [5.41, 5.74) is -0.378. The van der Waals surface area contributed by atoms with E-state index in [1.165, 1.54) is 30.3 Å². The van der Waals surface area contributed by atoms with Gasteiger partial charge in [-0.1, -0.05) is 29.8 Å². The minimum Gasteiger partial charge on any atom is -0.321 e. The number of nitro groups is 1. The molecule has 0 bridgehead atoms. The molecule has 0 heterocycles. The molecule has 0 saturated heterocycles. The molecule has 27 heavy (non-hydrogen) atoms. The summed E-state index contributed by atoms with van der Waals surface area (Å²) in [5, 5.41) is 13.0. The van der Waals surface area contributed by atoms with Gasteiger partial charge >= 0.3 is 5.76 Å². The zero-order valence-electron chi connectivity index (χ0n) is 13.3. The number of nitrogens with zero attached hydrogens (tertiary/aromatic N) is 1. The van der Waals surface area contributed by atoms with Crippen LogP contribution >= 0.6 is 11.6 Å². The summed E-state index contributed by atoms with van der Waals surface area (Å²) >= 11 is 5.68. The Morgan fingerprint density at radius 3 is 2.52 bits per heavy atom. The molecule has 0 saturated carbocycles. The number of carbonyl (C=O) groups excluding carboxylic acids is 1. The summed E-state index contributed by atoms with van der Waals surface area (Å²) in [5.74, 6) is -4.45. The maximum atomic E-state index is 12.7. The van der Waals surface area contributed by atoms with Crippen molar-refractivity contribution in [2.45, 2.75) is 10.7 Å². The number of rotatable bonds is 6. The van der Waals surface area contributed by atoms with Gasteiger partial charge in [0.05, 0.1) is 15.5 Å². The quantitative estimate of drug-likeness (QED) is 0.436. The SMILES string of the molecule is O=C(C=Cc1ccc(Cl)c([N+](=O)[O-])c1)Nc1ccccc1S(=O)(=O)C(F)F. The van der Waals surface area contributed by atoms with Gasteiger partial charge < -0.3 is 5.32 Å². The first-order valence-electron chi connectivity index (χ1n) is 7.17. The molecule has 0 aliphatic rings. The number of amides is 1. The molecule has 0 aliphatic carbocycles. The highest BCUT2D eigenvalue weighted by Crippen LogP contribution is 2.27. The summed E-state index contributed by atoms with van der Waals surface area (Å²) in [6.07, 6.45) is 2.20. The number of sulfone groups is 1. The minimum absolute atomic E-state index is 0.0762. The van der Waals surface area contributed by atoms with Crippen LogP contribution in [-0.2, 0) is 14.6 Å². The molecule has 0 unspecified atom stereocenters. The van der Waals surface area contributed by atoms with Crippen LogP contribution in [0.25, 0.3) is 6.08 Å². The molecule has 0 fully saturated rings. The zero-order chi connectivity index (χ0) is 20.2. The molecule has 0 radical (unpaired) electrons. The van der Waals surface area contributed by atoms with Crippen molar-refractivity contribution in [1.82, 2.24) is 0 Å². The van der Waals surface area contributed by atoms with E-state index in [0.29, 0.717) is 0 Å². The van der Waals surface area contributed by atoms with Crippen molar-refractivity contribution in [2.24, 2.45) is 0 Å². The van der Waals surface area contributed by atoms with E-state index in [-0.39, 0.29) is 22.0 Å². The maximum Gasteiger partial charge on any atom is 0.341 e. The lowest BCUT2D eigenvalue weighted by Gasteiger charge is -2.09. The van der Waals surface area contributed by atoms with Crippen LogP contribution < -0.4 is 5.32 Å². The van der Waals surface area contributed by atoms with Gasteiger partial charge in [-0.25, -0.2) is 8.42 Å². The van der Waals surface area contributed by atoms with E-state index in [2.05, 4.69) is 5.32 Å². The maximum absolute atomic E-state index is 12.7. The number of halogens is 3. The average Bonchev–Trinajstić information content (AvgIpc) is 2.61. The monoisotopic (exact) mass is 416 g/mol. The number of hydrogen-bond acceptors (Lipinski definition) is 5. The minimum atomic E-state index is -4.90. The fourth-order valence-corrected chi connectivity index (χ4v) is 3.11. The van der Waals surface area contributed by atoms with Crippen molar-refractivity contribution in [3.8, 4) is 0 Å². The van der Waals surface area contributed by atoms with Crippen LogP contribution in [0.2, 0.25) is 5.02 Å². The van der Waals surface area contributed by atoms with Gasteiger partial charge in [0.2, 0.25) is 15.7 Å². The number of nitro benzene ring substituents is 1. The van der Waals surface area contributed by atoms with Crippen LogP contribution in [0.3, 0.4) is 0 Å². The Kier molecular flexibility index (Phi) is 6.24. The fourth-order valence-electron chi connectivity index (χ4n) is 2.03. The zero-order valence-corrected chi connectivity index (χ0v) is 14.9. The topological polar surface area (TPSA) is 106 Å². The van der Waals surface area contributed by atoms with Gasteiger partial charge in [-0.05, 0) is 29.8 Å². The molecule has 2 aromatic rings. The standard InChI is InChI=1S/C16H11ClF2N2O5S/c17-11-7-5-10(9-13(11)21(23)24)6-8-15(22)20-12-3-1-2-4-14(12)27(25,26)16(18)19/h1-9,16H,(H,20,22). The number of benzene rings is 2. The van der Waals surface area contributed by atoms with Crippen molar-refractivity contribution in [3.63, 3.8) is 0 Å². The predicted molar refractivity (Wildman–Crippen MR) is 95.4 cm³/mol. The van der Waals surface area contributed by atoms with Crippen molar-refractivity contribution in [3.05, 3.63) is 69.2 Å². The Morgan fingerprint density at radius 2 is 1.89 bits per heavy atom. The van der Waals surface area contributed by atoms with Crippen LogP contribution in [0.1, 0.15) is 5.56 Å². The van der Waals surface area contributed by atoms with Crippen molar-refractivity contribution < 1.29 is 26.9 Å². The molecule has 1 N–H and O–H groups in total. The van der Waals surface area contributed by atoms with E-state index in [1.54, 1.807) is 0 Å². The smallest absolute Gasteiger partial charge is 0.321 e. The Bertz CT molecular complexity index is 1030. The first-order chi connectivity index (χ1) is 12.6. The number of para-hydroxylation sites is 1. The highest BCUT2D eigenvalue weighted by Gasteiger charge is 2.29. The van der Waals surface area contributed by atoms with E-state index in [9.17, 15) is 32.1 Å². The van der Waals surface area contributed by atoms with Crippen LogP contribution in [0, 0.1) is 10.1 Å². The summed E-state index contributed by atoms with van der Waals surface area (Å²) in [7, 11) is -4.90. The molecule has 7 nitrogen and oxygen atoms in total. The Hall–Kier alpha value is -2.85. The van der Waals surface area contributed by atoms with Gasteiger partial charge in [0.1, 0.15) is 5.02 Å². The third-order valence-corrected chi connectivity index (χ3v) is 5.04. The second kappa shape index (κ2) is 8.23. The van der Waals surface area contributed by atoms with Gasteiger partial charge in [0, 0.05) is 12.1 Å². The van der Waals surface area contributed by atoms with E-state index in [4.69, 9.17) is 11.6 Å². The van der Waals surface area contributed by atoms with Crippen LogP contribution in [0.5, 0.6) is 0 Å². The Balaban J connectivity index is 2.24. The second-order valence-corrected chi connectivity index (χ2v) is 7.39. The number of nitrogens with one attached hydrogen (secondary N) is 1. The molecule has 0 atom stereocenters. The van der Waals surface area contributed by atoms with Crippen LogP contribution in [0.4, 0.5) is 20.2 Å². The van der Waals surface area contributed by atoms with Gasteiger partial charge in [-0.2, -0.15) is 8.78 Å². The average molecular weight is 417 g/mol. The third-order valence-electron chi connectivity index (χ3n) is 3.28. The van der Waals surface area contributed by atoms with E-state index in [1.807, 2.05) is 0 Å². The van der Waals surface area contributed by atoms with E-state index in [0.717, 1.165) is 24.3 Å². The molecule has 11 heteroatoms. The van der Waals surface area contributed by atoms with Crippen LogP contribution in [-0.4, -0.2) is 25.0 Å². The number of alkyl halides is 2. The number of hydrogen-bond donors (Lipinski definition) is 1. The van der Waals surface area contributed by atoms with E-state index < -0.39 is 31.3 Å². The predicted octanol–water partition coefficient (Wildman–Crippen LogP) is 3.90. The molecule has 0 aromatic heterocycles. The molecule has 0 spiro atoms. The lowest BCUT2D eigenvalue weighted by atomic mass is 10.2. The van der Waals surface area contributed by atoms with Crippen molar-refractivity contribution >= 4 is 44.8 Å². The second-order valence-electron chi connectivity index (χ2n) is 5.09. The van der Waals surface area contributed by atoms with Gasteiger partial charge in [0.25, 0.3) is 5.69 Å². The van der Waals surface area contributed by atoms with Gasteiger partial charge in [-0.3, -0.25) is 14.9 Å². The first-order valence-corrected chi connectivity index (χ1v) is 9.09. The van der Waals surface area contributed by atoms with Crippen LogP contribution in [0.15, 0.2) is 53.4 Å². The molecule has 1 amide bonds. The van der Waals surface area contributed by atoms with Gasteiger partial charge in [0.15, 0.2) is 0 Å². The van der Waals surface area contributed by atoms with Crippen molar-refractivity contribution in [1.29, 1.82) is 0 Å². The largest absolute Gasteiger partial charge is 0.341 e. The first kappa shape index (κ1) is 20.5. The summed E-state index contributed by atoms with van der Waals surface area (Å²) in [6.45, 7) is 0. The molecular formula is C16H11ClF2N2O5S.